The second-order valence-electron chi connectivity index (χ2n) is 9.83. The number of rotatable bonds is 4. The van der Waals surface area contributed by atoms with Gasteiger partial charge in [-0.25, -0.2) is 14.7 Å². The van der Waals surface area contributed by atoms with Gasteiger partial charge in [0.05, 0.1) is 33.7 Å². The van der Waals surface area contributed by atoms with Crippen molar-refractivity contribution in [2.45, 2.75) is 13.0 Å². The first-order valence-electron chi connectivity index (χ1n) is 13.1. The van der Waals surface area contributed by atoms with Crippen LogP contribution in [0.25, 0.3) is 5.69 Å². The molecule has 4 aromatic carbocycles. The van der Waals surface area contributed by atoms with Gasteiger partial charge < -0.3 is 10.2 Å². The number of hydrogen-bond acceptors (Lipinski definition) is 7. The first-order chi connectivity index (χ1) is 20.4. The highest BCUT2D eigenvalue weighted by molar-refractivity contribution is 6.51. The van der Waals surface area contributed by atoms with Crippen LogP contribution in [0.5, 0.6) is 0 Å². The summed E-state index contributed by atoms with van der Waals surface area (Å²) in [7, 11) is 0. The maximum absolute atomic E-state index is 11.6. The third-order valence-corrected chi connectivity index (χ3v) is 7.80. The van der Waals surface area contributed by atoms with Crippen molar-refractivity contribution in [3.8, 4) is 5.69 Å². The Hall–Kier alpha value is -4.99. The summed E-state index contributed by atoms with van der Waals surface area (Å²) >= 11 is 12.4. The highest BCUT2D eigenvalue weighted by Crippen LogP contribution is 2.48. The van der Waals surface area contributed by atoms with Crippen LogP contribution in [0.15, 0.2) is 107 Å². The topological polar surface area (TPSA) is 101 Å². The molecule has 0 saturated heterocycles. The number of nitro groups is 1. The molecule has 11 heteroatoms. The van der Waals surface area contributed by atoms with Crippen LogP contribution in [0.3, 0.4) is 0 Å². The Bertz CT molecular complexity index is 1940. The van der Waals surface area contributed by atoms with Crippen molar-refractivity contribution >= 4 is 63.4 Å². The van der Waals surface area contributed by atoms with Crippen molar-refractivity contribution < 1.29 is 4.92 Å². The minimum absolute atomic E-state index is 0.0489. The summed E-state index contributed by atoms with van der Waals surface area (Å²) in [6.45, 7) is 1.98. The molecule has 0 unspecified atom stereocenters. The monoisotopic (exact) mass is 593 g/mol. The Morgan fingerprint density at radius 1 is 0.905 bits per heavy atom. The molecule has 5 aromatic rings. The summed E-state index contributed by atoms with van der Waals surface area (Å²) in [5.41, 5.74) is 5.46. The quantitative estimate of drug-likeness (QED) is 0.167. The van der Waals surface area contributed by atoms with Crippen molar-refractivity contribution in [2.75, 3.05) is 10.2 Å². The molecule has 1 aromatic heterocycles. The van der Waals surface area contributed by atoms with E-state index in [4.69, 9.17) is 38.3 Å². The van der Waals surface area contributed by atoms with Crippen molar-refractivity contribution in [3.63, 3.8) is 0 Å². The maximum Gasteiger partial charge on any atom is 0.289 e. The molecule has 9 nitrogen and oxygen atoms in total. The predicted octanol–water partition coefficient (Wildman–Crippen LogP) is 8.19. The maximum atomic E-state index is 11.6. The summed E-state index contributed by atoms with van der Waals surface area (Å²) in [4.78, 5) is 23.3. The van der Waals surface area contributed by atoms with Crippen molar-refractivity contribution in [2.24, 2.45) is 9.98 Å². The minimum Gasteiger partial charge on any atom is -0.337 e. The predicted molar refractivity (Wildman–Crippen MR) is 166 cm³/mol. The zero-order chi connectivity index (χ0) is 29.0. The van der Waals surface area contributed by atoms with Crippen LogP contribution in [0.4, 0.5) is 28.6 Å². The molecule has 206 valence electrons. The van der Waals surface area contributed by atoms with Crippen LogP contribution in [0, 0.1) is 17.0 Å². The van der Waals surface area contributed by atoms with E-state index in [1.54, 1.807) is 6.07 Å². The Morgan fingerprint density at radius 2 is 1.64 bits per heavy atom. The van der Waals surface area contributed by atoms with Gasteiger partial charge in [0.1, 0.15) is 5.02 Å². The number of para-hydroxylation sites is 3. The molecule has 1 atom stereocenters. The lowest BCUT2D eigenvalue weighted by molar-refractivity contribution is -0.384. The number of nitrogens with one attached hydrogen (secondary N) is 1. The molecular weight excluding hydrogens is 573 g/mol. The fourth-order valence-electron chi connectivity index (χ4n) is 5.37. The standard InChI is InChI=1S/C31H21Cl2N7O2/c1-18-27-28(19-11-13-20(32)14-12-19)38-25-10-6-5-9-24(25)35-29(34-21-15-16-23(33)26(17-21)40(41)42)31(38)36-30(27)39(37-18)22-7-3-2-4-8-22/h2-17,28H,1H3,(H,34,35)/t28-/m1/s1. The van der Waals surface area contributed by atoms with Gasteiger partial charge in [0, 0.05) is 22.3 Å². The van der Waals surface area contributed by atoms with E-state index < -0.39 is 4.92 Å². The second kappa shape index (κ2) is 10.1. The summed E-state index contributed by atoms with van der Waals surface area (Å²) in [6, 6.07) is 29.6. The van der Waals surface area contributed by atoms with Gasteiger partial charge in [0.25, 0.3) is 5.69 Å². The number of aryl methyl sites for hydroxylation is 1. The zero-order valence-electron chi connectivity index (χ0n) is 22.1. The summed E-state index contributed by atoms with van der Waals surface area (Å²) in [6.07, 6.45) is 0. The molecule has 0 bridgehead atoms. The van der Waals surface area contributed by atoms with Crippen molar-refractivity contribution in [1.82, 2.24) is 9.78 Å². The van der Waals surface area contributed by atoms with E-state index in [2.05, 4.69) is 10.2 Å². The lowest BCUT2D eigenvalue weighted by atomic mass is 9.93. The van der Waals surface area contributed by atoms with Gasteiger partial charge in [-0.2, -0.15) is 5.10 Å². The molecule has 0 amide bonds. The van der Waals surface area contributed by atoms with E-state index in [9.17, 15) is 10.1 Å². The van der Waals surface area contributed by atoms with Crippen LogP contribution < -0.4 is 10.2 Å². The molecule has 0 spiro atoms. The van der Waals surface area contributed by atoms with E-state index in [0.717, 1.165) is 33.9 Å². The summed E-state index contributed by atoms with van der Waals surface area (Å²) in [5, 5.41) is 20.5. The third-order valence-electron chi connectivity index (χ3n) is 7.23. The molecule has 0 aliphatic carbocycles. The highest BCUT2D eigenvalue weighted by atomic mass is 35.5. The number of aromatic nitrogens is 2. The van der Waals surface area contributed by atoms with Crippen LogP contribution in [0.2, 0.25) is 10.0 Å². The molecule has 1 N–H and O–H groups in total. The number of nitro benzene ring substituents is 1. The van der Waals surface area contributed by atoms with Crippen molar-refractivity contribution in [1.29, 1.82) is 0 Å². The number of amidine groups is 2. The smallest absolute Gasteiger partial charge is 0.289 e. The van der Waals surface area contributed by atoms with E-state index in [1.807, 2.05) is 90.5 Å². The summed E-state index contributed by atoms with van der Waals surface area (Å²) < 4.78 is 1.84. The Morgan fingerprint density at radius 3 is 2.40 bits per heavy atom. The van der Waals surface area contributed by atoms with Crippen LogP contribution in [-0.4, -0.2) is 26.4 Å². The molecule has 7 rings (SSSR count). The number of benzene rings is 4. The largest absolute Gasteiger partial charge is 0.337 e. The van der Waals surface area contributed by atoms with Gasteiger partial charge in [0.2, 0.25) is 0 Å². The normalized spacial score (nSPS) is 15.2. The Labute approximate surface area is 250 Å². The van der Waals surface area contributed by atoms with Gasteiger partial charge >= 0.3 is 0 Å². The molecule has 42 heavy (non-hydrogen) atoms. The fourth-order valence-corrected chi connectivity index (χ4v) is 5.69. The van der Waals surface area contributed by atoms with Gasteiger partial charge in [-0.3, -0.25) is 10.1 Å². The third kappa shape index (κ3) is 4.30. The Balaban J connectivity index is 1.47. The van der Waals surface area contributed by atoms with Crippen LogP contribution in [0.1, 0.15) is 22.9 Å². The molecule has 2 aliphatic rings. The number of nitrogens with zero attached hydrogens (tertiary/aromatic N) is 6. The number of anilines is 2. The molecule has 0 saturated carbocycles. The summed E-state index contributed by atoms with van der Waals surface area (Å²) in [5.74, 6) is 1.63. The zero-order valence-corrected chi connectivity index (χ0v) is 23.6. The first-order valence-corrected chi connectivity index (χ1v) is 13.8. The van der Waals surface area contributed by atoms with Crippen LogP contribution in [-0.2, 0) is 0 Å². The molecule has 0 radical (unpaired) electrons. The number of aliphatic imine (C=N–C) groups is 2. The van der Waals surface area contributed by atoms with Crippen molar-refractivity contribution in [3.05, 3.63) is 134 Å². The number of halogens is 2. The SMILES string of the molecule is Cc1nn(-c2ccccc2)c2c1[C@@H](c1ccc(Cl)cc1)N1C(=N2)C(Nc2ccc(Cl)c([N+](=O)[O-])c2)=Nc2ccccc21. The van der Waals surface area contributed by atoms with Gasteiger partial charge in [-0.05, 0) is 61.0 Å². The van der Waals surface area contributed by atoms with E-state index in [0.29, 0.717) is 28.2 Å². The molecular formula is C31H21Cl2N7O2. The van der Waals surface area contributed by atoms with E-state index in [1.165, 1.54) is 12.1 Å². The molecule has 3 heterocycles. The van der Waals surface area contributed by atoms with E-state index in [-0.39, 0.29) is 16.8 Å². The highest BCUT2D eigenvalue weighted by Gasteiger charge is 2.41. The van der Waals surface area contributed by atoms with Crippen LogP contribution >= 0.6 is 23.2 Å². The fraction of sp³-hybridized carbons (Fsp3) is 0.0645. The lowest BCUT2D eigenvalue weighted by Gasteiger charge is -2.40. The minimum atomic E-state index is -0.514. The molecule has 2 aliphatic heterocycles. The lowest BCUT2D eigenvalue weighted by Crippen LogP contribution is -2.46. The number of fused-ring (bicyclic) bond motifs is 4. The Kier molecular flexibility index (Phi) is 6.26. The second-order valence-corrected chi connectivity index (χ2v) is 10.7. The van der Waals surface area contributed by atoms with E-state index >= 15 is 0 Å². The molecule has 0 fully saturated rings. The van der Waals surface area contributed by atoms with Gasteiger partial charge in [-0.1, -0.05) is 65.7 Å². The average Bonchev–Trinajstić information content (AvgIpc) is 3.34. The first kappa shape index (κ1) is 25.9. The average molecular weight is 594 g/mol. The van der Waals surface area contributed by atoms with Gasteiger partial charge in [0.15, 0.2) is 17.5 Å². The van der Waals surface area contributed by atoms with Gasteiger partial charge in [-0.15, -0.1) is 0 Å². The number of hydrogen-bond donors (Lipinski definition) is 1.